The van der Waals surface area contributed by atoms with Gasteiger partial charge in [0.05, 0.1) is 11.4 Å². The number of nitrogens with zero attached hydrogens (tertiary/aromatic N) is 5. The Balaban J connectivity index is 1.25. The molecule has 200 valence electrons. The number of piperazine rings is 1. The van der Waals surface area contributed by atoms with Crippen LogP contribution in [0.25, 0.3) is 33.6 Å². The van der Waals surface area contributed by atoms with Crippen molar-refractivity contribution in [3.8, 4) is 33.6 Å². The third kappa shape index (κ3) is 6.78. The number of hydrogen-bond acceptors (Lipinski definition) is 7. The number of pyridine rings is 3. The molecule has 8 nitrogen and oxygen atoms in total. The van der Waals surface area contributed by atoms with Gasteiger partial charge in [0.2, 0.25) is 0 Å². The second-order valence-electron chi connectivity index (χ2n) is 10.8. The maximum Gasteiger partial charge on any atom is 0.410 e. The lowest BCUT2D eigenvalue weighted by Gasteiger charge is -2.35. The van der Waals surface area contributed by atoms with Crippen LogP contribution in [-0.2, 0) is 11.3 Å². The largest absolute Gasteiger partial charge is 0.444 e. The molecule has 1 aromatic carbocycles. The SMILES string of the molecule is CC(C)(C)OC(=O)N1CCN(Cc2ccc(-c3cncc(-c4cc(N)nc(-c5ccccn5)c4)c3)cc2)CC1. The first-order valence-electron chi connectivity index (χ1n) is 13.2. The number of anilines is 1. The normalized spacial score (nSPS) is 14.3. The molecule has 1 amide bonds. The molecule has 0 radical (unpaired) electrons. The lowest BCUT2D eigenvalue weighted by Crippen LogP contribution is -2.49. The topological polar surface area (TPSA) is 97.5 Å². The lowest BCUT2D eigenvalue weighted by molar-refractivity contribution is 0.0139. The van der Waals surface area contributed by atoms with E-state index in [0.29, 0.717) is 18.9 Å². The van der Waals surface area contributed by atoms with Crippen LogP contribution in [0.4, 0.5) is 10.6 Å². The molecule has 5 rings (SSSR count). The molecule has 3 aromatic heterocycles. The quantitative estimate of drug-likeness (QED) is 0.369. The van der Waals surface area contributed by atoms with E-state index in [4.69, 9.17) is 10.5 Å². The maximum atomic E-state index is 12.3. The van der Waals surface area contributed by atoms with E-state index in [9.17, 15) is 4.79 Å². The fraction of sp³-hybridized carbons (Fsp3) is 0.290. The van der Waals surface area contributed by atoms with Gasteiger partial charge in [0.1, 0.15) is 11.4 Å². The average molecular weight is 523 g/mol. The summed E-state index contributed by atoms with van der Waals surface area (Å²) in [6.07, 6.45) is 5.23. The molecule has 1 saturated heterocycles. The molecule has 4 heterocycles. The number of nitrogen functional groups attached to an aromatic ring is 1. The molecular formula is C31H34N6O2. The molecule has 2 N–H and O–H groups in total. The Morgan fingerprint density at radius 1 is 0.872 bits per heavy atom. The van der Waals surface area contributed by atoms with Crippen LogP contribution in [-0.4, -0.2) is 62.6 Å². The van der Waals surface area contributed by atoms with Gasteiger partial charge >= 0.3 is 6.09 Å². The van der Waals surface area contributed by atoms with Gasteiger partial charge in [-0.05, 0) is 67.8 Å². The Morgan fingerprint density at radius 3 is 2.26 bits per heavy atom. The Hall–Kier alpha value is -4.30. The lowest BCUT2D eigenvalue weighted by atomic mass is 10.0. The number of benzene rings is 1. The highest BCUT2D eigenvalue weighted by Crippen LogP contribution is 2.29. The Morgan fingerprint density at radius 2 is 1.59 bits per heavy atom. The van der Waals surface area contributed by atoms with Crippen molar-refractivity contribution in [1.29, 1.82) is 0 Å². The van der Waals surface area contributed by atoms with Crippen molar-refractivity contribution >= 4 is 11.9 Å². The average Bonchev–Trinajstić information content (AvgIpc) is 2.93. The predicted molar refractivity (Wildman–Crippen MR) is 154 cm³/mol. The summed E-state index contributed by atoms with van der Waals surface area (Å²) in [4.78, 5) is 29.9. The van der Waals surface area contributed by atoms with Crippen LogP contribution < -0.4 is 5.73 Å². The van der Waals surface area contributed by atoms with Gasteiger partial charge in [-0.2, -0.15) is 0 Å². The zero-order valence-corrected chi connectivity index (χ0v) is 22.7. The number of aromatic nitrogens is 3. The van der Waals surface area contributed by atoms with E-state index in [2.05, 4.69) is 50.2 Å². The number of rotatable bonds is 5. The summed E-state index contributed by atoms with van der Waals surface area (Å²) in [7, 11) is 0. The van der Waals surface area contributed by atoms with E-state index >= 15 is 0 Å². The number of carbonyl (C=O) groups is 1. The van der Waals surface area contributed by atoms with Crippen LogP contribution >= 0.6 is 0 Å². The van der Waals surface area contributed by atoms with E-state index in [1.807, 2.05) is 63.5 Å². The molecule has 39 heavy (non-hydrogen) atoms. The minimum atomic E-state index is -0.473. The van der Waals surface area contributed by atoms with Crippen molar-refractivity contribution in [1.82, 2.24) is 24.8 Å². The van der Waals surface area contributed by atoms with E-state index in [-0.39, 0.29) is 6.09 Å². The Kier molecular flexibility index (Phi) is 7.56. The van der Waals surface area contributed by atoms with Crippen LogP contribution in [0.2, 0.25) is 0 Å². The van der Waals surface area contributed by atoms with E-state index in [0.717, 1.165) is 53.3 Å². The molecule has 1 fully saturated rings. The van der Waals surface area contributed by atoms with Crippen LogP contribution in [0, 0.1) is 0 Å². The highest BCUT2D eigenvalue weighted by Gasteiger charge is 2.25. The second-order valence-corrected chi connectivity index (χ2v) is 10.8. The number of ether oxygens (including phenoxy) is 1. The highest BCUT2D eigenvalue weighted by atomic mass is 16.6. The van der Waals surface area contributed by atoms with Gasteiger partial charge in [-0.25, -0.2) is 9.78 Å². The van der Waals surface area contributed by atoms with Crippen molar-refractivity contribution in [3.63, 3.8) is 0 Å². The van der Waals surface area contributed by atoms with Gasteiger partial charge in [-0.3, -0.25) is 14.9 Å². The summed E-state index contributed by atoms with van der Waals surface area (Å²) in [6.45, 7) is 9.52. The minimum Gasteiger partial charge on any atom is -0.444 e. The first kappa shape index (κ1) is 26.3. The van der Waals surface area contributed by atoms with Crippen molar-refractivity contribution in [2.45, 2.75) is 32.9 Å². The van der Waals surface area contributed by atoms with Crippen molar-refractivity contribution in [3.05, 3.63) is 84.8 Å². The second kappa shape index (κ2) is 11.2. The Bertz CT molecular complexity index is 1430. The molecule has 8 heteroatoms. The maximum absolute atomic E-state index is 12.3. The zero-order valence-electron chi connectivity index (χ0n) is 22.7. The minimum absolute atomic E-state index is 0.232. The van der Waals surface area contributed by atoms with E-state index < -0.39 is 5.60 Å². The van der Waals surface area contributed by atoms with Gasteiger partial charge < -0.3 is 15.4 Å². The third-order valence-electron chi connectivity index (χ3n) is 6.56. The summed E-state index contributed by atoms with van der Waals surface area (Å²) < 4.78 is 5.51. The number of nitrogens with two attached hydrogens (primary N) is 1. The molecule has 0 unspecified atom stereocenters. The molecule has 0 saturated carbocycles. The smallest absolute Gasteiger partial charge is 0.410 e. The third-order valence-corrected chi connectivity index (χ3v) is 6.56. The van der Waals surface area contributed by atoms with Crippen molar-refractivity contribution in [2.24, 2.45) is 0 Å². The molecule has 0 atom stereocenters. The van der Waals surface area contributed by atoms with Crippen LogP contribution in [0.15, 0.2) is 79.3 Å². The van der Waals surface area contributed by atoms with Crippen molar-refractivity contribution in [2.75, 3.05) is 31.9 Å². The fourth-order valence-electron chi connectivity index (χ4n) is 4.60. The van der Waals surface area contributed by atoms with Crippen LogP contribution in [0.3, 0.4) is 0 Å². The zero-order chi connectivity index (χ0) is 27.4. The van der Waals surface area contributed by atoms with E-state index in [1.54, 1.807) is 11.1 Å². The first-order valence-corrected chi connectivity index (χ1v) is 13.2. The molecular weight excluding hydrogens is 488 g/mol. The number of amides is 1. The molecule has 0 bridgehead atoms. The van der Waals surface area contributed by atoms with Crippen molar-refractivity contribution < 1.29 is 9.53 Å². The number of hydrogen-bond donors (Lipinski definition) is 1. The van der Waals surface area contributed by atoms with Gasteiger partial charge in [0.25, 0.3) is 0 Å². The molecule has 4 aromatic rings. The predicted octanol–water partition coefficient (Wildman–Crippen LogP) is 5.51. The summed E-state index contributed by atoms with van der Waals surface area (Å²) in [6, 6.07) is 20.3. The summed E-state index contributed by atoms with van der Waals surface area (Å²) in [5.74, 6) is 0.440. The van der Waals surface area contributed by atoms with Gasteiger partial charge in [0, 0.05) is 62.4 Å². The van der Waals surface area contributed by atoms with Gasteiger partial charge in [0.15, 0.2) is 0 Å². The molecule has 1 aliphatic rings. The fourth-order valence-corrected chi connectivity index (χ4v) is 4.60. The highest BCUT2D eigenvalue weighted by molar-refractivity contribution is 5.76. The number of carbonyl (C=O) groups excluding carboxylic acids is 1. The van der Waals surface area contributed by atoms with Gasteiger partial charge in [-0.1, -0.05) is 30.3 Å². The Labute approximate surface area is 229 Å². The van der Waals surface area contributed by atoms with Crippen LogP contribution in [0.1, 0.15) is 26.3 Å². The van der Waals surface area contributed by atoms with E-state index in [1.165, 1.54) is 5.56 Å². The molecule has 0 aliphatic carbocycles. The summed E-state index contributed by atoms with van der Waals surface area (Å²) in [5.41, 5.74) is 12.4. The summed E-state index contributed by atoms with van der Waals surface area (Å²) >= 11 is 0. The standard InChI is InChI=1S/C31H34N6O2/c1-31(2,3)39-30(38)37-14-12-36(13-15-37)21-22-7-9-23(10-8-22)25-16-26(20-33-19-25)24-17-28(35-29(32)18-24)27-6-4-5-11-34-27/h4-11,16-20H,12-15,21H2,1-3H3,(H2,32,35). The first-order chi connectivity index (χ1) is 18.7. The monoisotopic (exact) mass is 522 g/mol. The summed E-state index contributed by atoms with van der Waals surface area (Å²) in [5, 5.41) is 0. The van der Waals surface area contributed by atoms with Gasteiger partial charge in [-0.15, -0.1) is 0 Å². The van der Waals surface area contributed by atoms with Crippen LogP contribution in [0.5, 0.6) is 0 Å². The molecule has 1 aliphatic heterocycles. The molecule has 0 spiro atoms.